The second-order valence-corrected chi connectivity index (χ2v) is 15.3. The lowest BCUT2D eigenvalue weighted by atomic mass is 9.92. The molecule has 0 radical (unpaired) electrons. The largest absolute Gasteiger partial charge is 0.308 e. The van der Waals surface area contributed by atoms with Crippen molar-refractivity contribution in [2.45, 2.75) is 0 Å². The fourth-order valence-electron chi connectivity index (χ4n) is 9.82. The fraction of sp³-hybridized carbons (Fsp3) is 0. The van der Waals surface area contributed by atoms with Gasteiger partial charge < -0.3 is 4.40 Å². The van der Waals surface area contributed by atoms with Crippen LogP contribution in [0.3, 0.4) is 0 Å². The van der Waals surface area contributed by atoms with E-state index in [0.29, 0.717) is 0 Å². The monoisotopic (exact) mass is 736 g/mol. The molecule has 0 saturated carbocycles. The van der Waals surface area contributed by atoms with Crippen LogP contribution >= 0.6 is 0 Å². The summed E-state index contributed by atoms with van der Waals surface area (Å²) in [5, 5.41) is 9.62. The first kappa shape index (κ1) is 31.4. The van der Waals surface area contributed by atoms with E-state index in [9.17, 15) is 0 Å². The molecule has 58 heavy (non-hydrogen) atoms. The maximum Gasteiger partial charge on any atom is 0.165 e. The van der Waals surface area contributed by atoms with Gasteiger partial charge in [0.05, 0.1) is 38.6 Å². The van der Waals surface area contributed by atoms with Crippen molar-refractivity contribution >= 4 is 81.7 Å². The summed E-state index contributed by atoms with van der Waals surface area (Å²) in [5.41, 5.74) is 13.9. The van der Waals surface area contributed by atoms with Crippen LogP contribution in [0, 0.1) is 0 Å². The van der Waals surface area contributed by atoms with E-state index in [4.69, 9.17) is 9.97 Å². The zero-order valence-corrected chi connectivity index (χ0v) is 31.3. The van der Waals surface area contributed by atoms with Crippen molar-refractivity contribution in [1.29, 1.82) is 0 Å². The minimum atomic E-state index is 0.804. The molecular weight excluding hydrogens is 705 g/mol. The average Bonchev–Trinajstić information content (AvgIpc) is 3.78. The van der Waals surface area contributed by atoms with Gasteiger partial charge in [0.2, 0.25) is 0 Å². The maximum absolute atomic E-state index is 5.88. The highest BCUT2D eigenvalue weighted by molar-refractivity contribution is 6.31. The quantitative estimate of drug-likeness (QED) is 0.169. The number of nitrogens with zero attached hydrogens (tertiary/aromatic N) is 4. The fourth-order valence-corrected chi connectivity index (χ4v) is 9.82. The predicted octanol–water partition coefficient (Wildman–Crippen LogP) is 14.0. The van der Waals surface area contributed by atoms with Crippen molar-refractivity contribution in [3.8, 4) is 39.3 Å². The van der Waals surface area contributed by atoms with Gasteiger partial charge in [-0.2, -0.15) is 0 Å². The van der Waals surface area contributed by atoms with Crippen LogP contribution in [0.25, 0.3) is 121 Å². The van der Waals surface area contributed by atoms with Crippen LogP contribution in [0.15, 0.2) is 194 Å². The lowest BCUT2D eigenvalue weighted by Crippen LogP contribution is -2.05. The van der Waals surface area contributed by atoms with Crippen LogP contribution in [-0.2, 0) is 0 Å². The Labute approximate surface area is 332 Å². The molecule has 0 aliphatic carbocycles. The molecule has 0 unspecified atom stereocenters. The van der Waals surface area contributed by atoms with Crippen LogP contribution in [0.1, 0.15) is 0 Å². The molecule has 0 N–H and O–H groups in total. The number of aromatic nitrogens is 4. The van der Waals surface area contributed by atoms with Gasteiger partial charge in [-0.05, 0) is 57.8 Å². The van der Waals surface area contributed by atoms with E-state index < -0.39 is 0 Å². The van der Waals surface area contributed by atoms with Crippen LogP contribution in [0.4, 0.5) is 0 Å². The van der Waals surface area contributed by atoms with Crippen molar-refractivity contribution in [1.82, 2.24) is 18.9 Å². The summed E-state index contributed by atoms with van der Waals surface area (Å²) in [6.07, 6.45) is 0. The summed E-state index contributed by atoms with van der Waals surface area (Å²) in [5.74, 6) is 0.804. The van der Waals surface area contributed by atoms with Gasteiger partial charge >= 0.3 is 0 Å². The smallest absolute Gasteiger partial charge is 0.165 e. The van der Waals surface area contributed by atoms with Crippen molar-refractivity contribution in [3.05, 3.63) is 194 Å². The Morgan fingerprint density at radius 2 is 0.914 bits per heavy atom. The highest BCUT2D eigenvalue weighted by Gasteiger charge is 2.26. The lowest BCUT2D eigenvalue weighted by molar-refractivity contribution is 1.08. The number of fused-ring (bicyclic) bond motifs is 8. The molecule has 13 aromatic rings. The maximum atomic E-state index is 5.88. The molecule has 13 rings (SSSR count). The third-order valence-corrected chi connectivity index (χ3v) is 12.2. The topological polar surface area (TPSA) is 35.1 Å². The van der Waals surface area contributed by atoms with E-state index in [-0.39, 0.29) is 0 Å². The van der Waals surface area contributed by atoms with Gasteiger partial charge in [-0.25, -0.2) is 9.97 Å². The van der Waals surface area contributed by atoms with Gasteiger partial charge in [0.1, 0.15) is 5.69 Å². The van der Waals surface area contributed by atoms with E-state index in [1.54, 1.807) is 0 Å². The molecular formula is C54H32N4. The average molecular weight is 737 g/mol. The number of rotatable bonds is 4. The van der Waals surface area contributed by atoms with E-state index in [0.717, 1.165) is 72.2 Å². The Balaban J connectivity index is 1.23. The van der Waals surface area contributed by atoms with Gasteiger partial charge in [-0.15, -0.1) is 0 Å². The first-order valence-electron chi connectivity index (χ1n) is 19.8. The standard InChI is InChI=1S/C54H32N4/c1-3-16-33(17-4-1)36-21-9-10-23-38(36)43-32-35-20-7-8-22-37(35)51-52(43)56-54(50(55-51)34-18-5-2-6-19-34)58-45-29-14-25-40-42-27-13-26-41-39-24-11-12-28-44(39)57(53(41)42)46-30-15-31-47(58)49(46)48(40)45/h1-32H. The summed E-state index contributed by atoms with van der Waals surface area (Å²) < 4.78 is 4.87. The minimum Gasteiger partial charge on any atom is -0.308 e. The third-order valence-electron chi connectivity index (χ3n) is 12.2. The second kappa shape index (κ2) is 11.8. The van der Waals surface area contributed by atoms with Crippen LogP contribution < -0.4 is 0 Å². The molecule has 4 aromatic heterocycles. The van der Waals surface area contributed by atoms with Gasteiger partial charge in [0.15, 0.2) is 5.82 Å². The Hall–Kier alpha value is -7.82. The Morgan fingerprint density at radius 1 is 0.345 bits per heavy atom. The van der Waals surface area contributed by atoms with E-state index in [1.165, 1.54) is 48.9 Å². The Bertz CT molecular complexity index is 3780. The molecule has 0 spiro atoms. The van der Waals surface area contributed by atoms with Gasteiger partial charge in [0.25, 0.3) is 0 Å². The highest BCUT2D eigenvalue weighted by Crippen LogP contribution is 2.46. The molecule has 0 atom stereocenters. The zero-order valence-electron chi connectivity index (χ0n) is 31.3. The number of hydrogen-bond donors (Lipinski definition) is 0. The number of hydrogen-bond acceptors (Lipinski definition) is 2. The van der Waals surface area contributed by atoms with Gasteiger partial charge in [-0.3, -0.25) is 4.57 Å². The molecule has 4 heteroatoms. The highest BCUT2D eigenvalue weighted by atomic mass is 15.1. The van der Waals surface area contributed by atoms with Crippen LogP contribution in [0.5, 0.6) is 0 Å². The summed E-state index contributed by atoms with van der Waals surface area (Å²) >= 11 is 0. The normalized spacial score (nSPS) is 12.1. The first-order chi connectivity index (χ1) is 28.8. The van der Waals surface area contributed by atoms with Crippen LogP contribution in [-0.4, -0.2) is 18.9 Å². The Kier molecular flexibility index (Phi) is 6.41. The van der Waals surface area contributed by atoms with Crippen molar-refractivity contribution in [2.24, 2.45) is 0 Å². The summed E-state index contributed by atoms with van der Waals surface area (Å²) in [4.78, 5) is 11.6. The Morgan fingerprint density at radius 3 is 1.74 bits per heavy atom. The summed E-state index contributed by atoms with van der Waals surface area (Å²) in [7, 11) is 0. The van der Waals surface area contributed by atoms with Crippen molar-refractivity contribution < 1.29 is 0 Å². The second-order valence-electron chi connectivity index (χ2n) is 15.3. The number of benzene rings is 9. The van der Waals surface area contributed by atoms with Gasteiger partial charge in [0, 0.05) is 43.4 Å². The van der Waals surface area contributed by atoms with E-state index in [2.05, 4.69) is 203 Å². The van der Waals surface area contributed by atoms with E-state index in [1.807, 2.05) is 0 Å². The summed E-state index contributed by atoms with van der Waals surface area (Å²) in [6.45, 7) is 0. The summed E-state index contributed by atoms with van der Waals surface area (Å²) in [6, 6.07) is 69.8. The van der Waals surface area contributed by atoms with Crippen molar-refractivity contribution in [3.63, 3.8) is 0 Å². The van der Waals surface area contributed by atoms with E-state index >= 15 is 0 Å². The lowest BCUT2D eigenvalue weighted by Gasteiger charge is -2.18. The molecule has 268 valence electrons. The molecule has 0 bridgehead atoms. The SMILES string of the molecule is c1ccc(-c2ccccc2-c2cc3ccccc3c3nc(-c4ccccc4)c(-n4c5cccc6c7cccc8c9ccccc9n(c9cccc4c9c65)c78)nc23)cc1. The van der Waals surface area contributed by atoms with Gasteiger partial charge in [-0.1, -0.05) is 164 Å². The molecule has 9 aromatic carbocycles. The number of para-hydroxylation sites is 2. The molecule has 0 amide bonds. The third kappa shape index (κ3) is 4.23. The first-order valence-corrected chi connectivity index (χ1v) is 19.8. The minimum absolute atomic E-state index is 0.804. The zero-order chi connectivity index (χ0) is 37.9. The molecule has 0 aliphatic heterocycles. The molecule has 0 fully saturated rings. The molecule has 4 nitrogen and oxygen atoms in total. The predicted molar refractivity (Wildman–Crippen MR) is 242 cm³/mol. The van der Waals surface area contributed by atoms with Crippen molar-refractivity contribution in [2.75, 3.05) is 0 Å². The molecule has 0 aliphatic rings. The van der Waals surface area contributed by atoms with Crippen LogP contribution in [0.2, 0.25) is 0 Å². The molecule has 0 saturated heterocycles. The molecule has 4 heterocycles.